The number of fused-ring (bicyclic) bond motifs is 3. The van der Waals surface area contributed by atoms with Gasteiger partial charge in [-0.25, -0.2) is 10.3 Å². The first-order chi connectivity index (χ1) is 8.31. The van der Waals surface area contributed by atoms with E-state index in [1.54, 1.807) is 0 Å². The van der Waals surface area contributed by atoms with Crippen LogP contribution in [0.4, 0.5) is 4.79 Å². The quantitative estimate of drug-likeness (QED) is 0.760. The highest BCUT2D eigenvalue weighted by molar-refractivity contribution is 5.74. The molecular weight excluding hydrogens is 216 g/mol. The molecule has 0 aliphatic heterocycles. The number of hydrogen-bond donors (Lipinski definition) is 2. The lowest BCUT2D eigenvalue weighted by Crippen LogP contribution is -2.37. The van der Waals surface area contributed by atoms with Gasteiger partial charge in [0, 0.05) is 12.0 Å². The van der Waals surface area contributed by atoms with E-state index in [9.17, 15) is 4.79 Å². The molecule has 0 spiro atoms. The standard InChI is InChI=1S/C13H16N2O2/c1-17-15-13(16)14-12-10-7-6-8-4-2-3-5-9(8)11(10)12/h2-5,10-12H,6-7H2,1H3,(H2,14,15,16)/t10-,11-,12+/m0/s1. The Labute approximate surface area is 100 Å². The van der Waals surface area contributed by atoms with Crippen LogP contribution in [0, 0.1) is 5.92 Å². The Balaban J connectivity index is 1.72. The molecule has 1 saturated carbocycles. The number of rotatable bonds is 2. The van der Waals surface area contributed by atoms with E-state index in [1.807, 2.05) is 0 Å². The summed E-state index contributed by atoms with van der Waals surface area (Å²) in [4.78, 5) is 16.0. The first-order valence-corrected chi connectivity index (χ1v) is 5.98. The van der Waals surface area contributed by atoms with Crippen LogP contribution in [0.2, 0.25) is 0 Å². The summed E-state index contributed by atoms with van der Waals surface area (Å²) in [5.74, 6) is 1.11. The molecular formula is C13H16N2O2. The number of hydrogen-bond acceptors (Lipinski definition) is 2. The molecule has 0 bridgehead atoms. The lowest BCUT2D eigenvalue weighted by molar-refractivity contribution is 0.107. The summed E-state index contributed by atoms with van der Waals surface area (Å²) >= 11 is 0. The average Bonchev–Trinajstić information content (AvgIpc) is 3.03. The molecule has 90 valence electrons. The molecule has 0 unspecified atom stereocenters. The maximum Gasteiger partial charge on any atom is 0.338 e. The Bertz CT molecular complexity index is 447. The molecule has 3 rings (SSSR count). The zero-order chi connectivity index (χ0) is 11.8. The fourth-order valence-corrected chi connectivity index (χ4v) is 3.04. The van der Waals surface area contributed by atoms with Gasteiger partial charge in [-0.05, 0) is 29.9 Å². The summed E-state index contributed by atoms with van der Waals surface area (Å²) in [5, 5.41) is 2.96. The van der Waals surface area contributed by atoms with Crippen molar-refractivity contribution in [1.82, 2.24) is 10.8 Å². The monoisotopic (exact) mass is 232 g/mol. The van der Waals surface area contributed by atoms with Crippen LogP contribution in [0.5, 0.6) is 0 Å². The predicted octanol–water partition coefficient (Wildman–Crippen LogP) is 1.58. The van der Waals surface area contributed by atoms with Crippen molar-refractivity contribution in [2.45, 2.75) is 24.8 Å². The Kier molecular flexibility index (Phi) is 2.52. The maximum absolute atomic E-state index is 11.4. The number of hydroxylamine groups is 1. The second-order valence-corrected chi connectivity index (χ2v) is 4.73. The number of carbonyl (C=O) groups is 1. The molecule has 0 aromatic heterocycles. The molecule has 2 N–H and O–H groups in total. The van der Waals surface area contributed by atoms with Crippen molar-refractivity contribution in [2.75, 3.05) is 7.11 Å². The summed E-state index contributed by atoms with van der Waals surface area (Å²) < 4.78 is 0. The van der Waals surface area contributed by atoms with Crippen molar-refractivity contribution in [2.24, 2.45) is 5.92 Å². The van der Waals surface area contributed by atoms with Gasteiger partial charge in [-0.15, -0.1) is 0 Å². The lowest BCUT2D eigenvalue weighted by atomic mass is 9.92. The van der Waals surface area contributed by atoms with E-state index in [4.69, 9.17) is 0 Å². The minimum atomic E-state index is -0.246. The van der Waals surface area contributed by atoms with Crippen LogP contribution >= 0.6 is 0 Å². The first kappa shape index (κ1) is 10.6. The van der Waals surface area contributed by atoms with E-state index in [2.05, 4.69) is 39.9 Å². The van der Waals surface area contributed by atoms with Crippen LogP contribution in [0.1, 0.15) is 23.5 Å². The maximum atomic E-state index is 11.4. The van der Waals surface area contributed by atoms with E-state index in [0.717, 1.165) is 6.42 Å². The van der Waals surface area contributed by atoms with Gasteiger partial charge in [0.15, 0.2) is 0 Å². The van der Waals surface area contributed by atoms with Crippen LogP contribution in [-0.2, 0) is 11.3 Å². The average molecular weight is 232 g/mol. The van der Waals surface area contributed by atoms with Crippen LogP contribution in [0.15, 0.2) is 24.3 Å². The Morgan fingerprint density at radius 3 is 3.06 bits per heavy atom. The molecule has 2 amide bonds. The minimum Gasteiger partial charge on any atom is -0.333 e. The van der Waals surface area contributed by atoms with Gasteiger partial charge >= 0.3 is 6.03 Å². The van der Waals surface area contributed by atoms with Gasteiger partial charge in [0.05, 0.1) is 7.11 Å². The largest absolute Gasteiger partial charge is 0.338 e. The van der Waals surface area contributed by atoms with Crippen LogP contribution in [-0.4, -0.2) is 19.2 Å². The van der Waals surface area contributed by atoms with Crippen molar-refractivity contribution in [3.8, 4) is 0 Å². The SMILES string of the molecule is CONC(=O)N[C@@H]1[C@H]2CCc3ccccc3[C@@H]21. The molecule has 1 aromatic rings. The van der Waals surface area contributed by atoms with Gasteiger partial charge in [-0.2, -0.15) is 0 Å². The molecule has 1 fully saturated rings. The van der Waals surface area contributed by atoms with Gasteiger partial charge in [0.2, 0.25) is 0 Å². The van der Waals surface area contributed by atoms with Crippen molar-refractivity contribution in [3.05, 3.63) is 35.4 Å². The van der Waals surface area contributed by atoms with E-state index >= 15 is 0 Å². The molecule has 1 aromatic carbocycles. The first-order valence-electron chi connectivity index (χ1n) is 5.98. The summed E-state index contributed by atoms with van der Waals surface area (Å²) in [5.41, 5.74) is 5.14. The number of nitrogens with one attached hydrogen (secondary N) is 2. The number of benzene rings is 1. The molecule has 4 heteroatoms. The number of aryl methyl sites for hydroxylation is 1. The lowest BCUT2D eigenvalue weighted by Gasteiger charge is -2.13. The van der Waals surface area contributed by atoms with Crippen molar-refractivity contribution in [1.29, 1.82) is 0 Å². The van der Waals surface area contributed by atoms with Crippen molar-refractivity contribution < 1.29 is 9.63 Å². The Morgan fingerprint density at radius 2 is 2.24 bits per heavy atom. The van der Waals surface area contributed by atoms with E-state index in [1.165, 1.54) is 24.7 Å². The molecule has 3 atom stereocenters. The minimum absolute atomic E-state index is 0.246. The third-order valence-electron chi connectivity index (χ3n) is 3.82. The molecule has 17 heavy (non-hydrogen) atoms. The normalized spacial score (nSPS) is 28.9. The van der Waals surface area contributed by atoms with Crippen LogP contribution in [0.25, 0.3) is 0 Å². The summed E-state index contributed by atoms with van der Waals surface area (Å²) in [7, 11) is 1.44. The highest BCUT2D eigenvalue weighted by atomic mass is 16.6. The van der Waals surface area contributed by atoms with Gasteiger partial charge in [0.1, 0.15) is 0 Å². The van der Waals surface area contributed by atoms with Gasteiger partial charge in [-0.3, -0.25) is 4.84 Å². The molecule has 2 aliphatic carbocycles. The highest BCUT2D eigenvalue weighted by Crippen LogP contribution is 2.54. The van der Waals surface area contributed by atoms with E-state index in [0.29, 0.717) is 11.8 Å². The second kappa shape index (κ2) is 4.04. The summed E-state index contributed by atoms with van der Waals surface area (Å²) in [6, 6.07) is 8.56. The second-order valence-electron chi connectivity index (χ2n) is 4.73. The zero-order valence-corrected chi connectivity index (χ0v) is 9.77. The molecule has 0 saturated heterocycles. The predicted molar refractivity (Wildman–Crippen MR) is 63.5 cm³/mol. The number of carbonyl (C=O) groups excluding carboxylic acids is 1. The van der Waals surface area contributed by atoms with Crippen LogP contribution < -0.4 is 10.8 Å². The summed E-state index contributed by atoms with van der Waals surface area (Å²) in [6.07, 6.45) is 2.29. The Hall–Kier alpha value is -1.55. The fraction of sp³-hybridized carbons (Fsp3) is 0.462. The van der Waals surface area contributed by atoms with Gasteiger partial charge < -0.3 is 5.32 Å². The fourth-order valence-electron chi connectivity index (χ4n) is 3.04. The highest BCUT2D eigenvalue weighted by Gasteiger charge is 2.53. The molecule has 2 aliphatic rings. The Morgan fingerprint density at radius 1 is 1.41 bits per heavy atom. The number of urea groups is 1. The smallest absolute Gasteiger partial charge is 0.333 e. The third-order valence-corrected chi connectivity index (χ3v) is 3.82. The summed E-state index contributed by atoms with van der Waals surface area (Å²) in [6.45, 7) is 0. The number of amides is 2. The third kappa shape index (κ3) is 1.78. The van der Waals surface area contributed by atoms with Gasteiger partial charge in [0.25, 0.3) is 0 Å². The molecule has 0 radical (unpaired) electrons. The van der Waals surface area contributed by atoms with Crippen molar-refractivity contribution in [3.63, 3.8) is 0 Å². The topological polar surface area (TPSA) is 50.4 Å². The van der Waals surface area contributed by atoms with E-state index < -0.39 is 0 Å². The zero-order valence-electron chi connectivity index (χ0n) is 9.77. The molecule has 4 nitrogen and oxygen atoms in total. The van der Waals surface area contributed by atoms with Crippen molar-refractivity contribution >= 4 is 6.03 Å². The molecule has 0 heterocycles. The van der Waals surface area contributed by atoms with Crippen LogP contribution in [0.3, 0.4) is 0 Å². The van der Waals surface area contributed by atoms with E-state index in [-0.39, 0.29) is 12.1 Å². The van der Waals surface area contributed by atoms with Gasteiger partial charge in [-0.1, -0.05) is 24.3 Å².